The smallest absolute Gasteiger partial charge is 0.251 e. The van der Waals surface area contributed by atoms with Crippen molar-refractivity contribution >= 4 is 17.8 Å². The van der Waals surface area contributed by atoms with Crippen LogP contribution in [0.1, 0.15) is 34.3 Å². The Morgan fingerprint density at radius 3 is 2.61 bits per heavy atom. The van der Waals surface area contributed by atoms with Crippen LogP contribution in [-0.4, -0.2) is 38.0 Å². The first-order chi connectivity index (χ1) is 13.6. The first-order valence-corrected chi connectivity index (χ1v) is 9.47. The zero-order valence-electron chi connectivity index (χ0n) is 15.8. The second kappa shape index (κ2) is 9.71. The monoisotopic (exact) mass is 378 g/mol. The van der Waals surface area contributed by atoms with Crippen molar-refractivity contribution in [3.63, 3.8) is 0 Å². The predicted molar refractivity (Wildman–Crippen MR) is 112 cm³/mol. The van der Waals surface area contributed by atoms with Crippen molar-refractivity contribution in [2.75, 3.05) is 26.2 Å². The van der Waals surface area contributed by atoms with Gasteiger partial charge in [-0.1, -0.05) is 35.9 Å². The van der Waals surface area contributed by atoms with E-state index in [-0.39, 0.29) is 11.7 Å². The van der Waals surface area contributed by atoms with Crippen LogP contribution in [0.25, 0.3) is 6.08 Å². The Morgan fingerprint density at radius 2 is 1.89 bits per heavy atom. The van der Waals surface area contributed by atoms with E-state index in [9.17, 15) is 4.79 Å². The number of nitrogens with one attached hydrogen (secondary N) is 3. The Balaban J connectivity index is 1.46. The molecule has 2 aromatic carbocycles. The molecule has 0 saturated carbocycles. The molecule has 0 aliphatic carbocycles. The quantitative estimate of drug-likeness (QED) is 0.338. The summed E-state index contributed by atoms with van der Waals surface area (Å²) in [4.78, 5) is 12.3. The van der Waals surface area contributed by atoms with E-state index in [1.807, 2.05) is 24.3 Å². The lowest BCUT2D eigenvalue weighted by atomic mass is 10.0. The topological polar surface area (TPSA) is 100 Å². The summed E-state index contributed by atoms with van der Waals surface area (Å²) < 4.78 is 5.61. The molecule has 6 heteroatoms. The molecule has 1 aliphatic heterocycles. The largest absolute Gasteiger partial charge is 0.492 e. The van der Waals surface area contributed by atoms with Crippen LogP contribution in [0.4, 0.5) is 0 Å². The van der Waals surface area contributed by atoms with Gasteiger partial charge < -0.3 is 21.1 Å². The Hall–Kier alpha value is -3.12. The predicted octanol–water partition coefficient (Wildman–Crippen LogP) is 2.55. The number of hydrogen-bond acceptors (Lipinski definition) is 4. The number of nitrogens with two attached hydrogens (primary N) is 1. The van der Waals surface area contributed by atoms with Gasteiger partial charge in [-0.15, -0.1) is 0 Å². The fourth-order valence-corrected chi connectivity index (χ4v) is 3.05. The first kappa shape index (κ1) is 19.6. The van der Waals surface area contributed by atoms with Crippen LogP contribution in [0.2, 0.25) is 0 Å². The normalized spacial score (nSPS) is 13.6. The molecule has 1 heterocycles. The highest BCUT2D eigenvalue weighted by Gasteiger charge is 2.07. The molecule has 0 unspecified atom stereocenters. The van der Waals surface area contributed by atoms with E-state index >= 15 is 0 Å². The summed E-state index contributed by atoms with van der Waals surface area (Å²) in [5.41, 5.74) is 9.28. The molecule has 146 valence electrons. The van der Waals surface area contributed by atoms with E-state index in [1.165, 1.54) is 5.57 Å². The highest BCUT2D eigenvalue weighted by molar-refractivity contribution is 5.95. The zero-order valence-corrected chi connectivity index (χ0v) is 15.8. The van der Waals surface area contributed by atoms with Gasteiger partial charge in [0.2, 0.25) is 0 Å². The molecule has 1 fully saturated rings. The standard InChI is InChI=1S/C22H26N4O2/c23-21(24)19-2-1-3-20(15-19)28-13-12-26-22(27)18-6-4-16(5-7-18)14-17-8-10-25-11-9-17/h1-7,14-15,25H,8-13H2,(H3,23,24)(H,26,27). The SMILES string of the molecule is N=C(N)c1cccc(OCCNC(=O)c2ccc(C=C3CCNCC3)cc2)c1. The number of nitrogen functional groups attached to an aromatic ring is 1. The van der Waals surface area contributed by atoms with Gasteiger partial charge in [0.15, 0.2) is 0 Å². The lowest BCUT2D eigenvalue weighted by Crippen LogP contribution is -2.28. The summed E-state index contributed by atoms with van der Waals surface area (Å²) in [6.07, 6.45) is 4.38. The number of amidine groups is 1. The number of carbonyl (C=O) groups is 1. The van der Waals surface area contributed by atoms with Crippen LogP contribution in [0.15, 0.2) is 54.1 Å². The van der Waals surface area contributed by atoms with Crippen LogP contribution in [-0.2, 0) is 0 Å². The van der Waals surface area contributed by atoms with Crippen molar-refractivity contribution in [1.29, 1.82) is 5.41 Å². The second-order valence-electron chi connectivity index (χ2n) is 6.72. The lowest BCUT2D eigenvalue weighted by Gasteiger charge is -2.15. The van der Waals surface area contributed by atoms with Crippen molar-refractivity contribution in [1.82, 2.24) is 10.6 Å². The van der Waals surface area contributed by atoms with E-state index in [4.69, 9.17) is 15.9 Å². The van der Waals surface area contributed by atoms with E-state index in [2.05, 4.69) is 16.7 Å². The van der Waals surface area contributed by atoms with Crippen molar-refractivity contribution in [3.05, 3.63) is 70.8 Å². The van der Waals surface area contributed by atoms with E-state index < -0.39 is 0 Å². The maximum atomic E-state index is 12.3. The minimum atomic E-state index is -0.123. The minimum Gasteiger partial charge on any atom is -0.492 e. The number of benzene rings is 2. The van der Waals surface area contributed by atoms with Crippen LogP contribution in [0, 0.1) is 5.41 Å². The molecule has 0 bridgehead atoms. The molecule has 5 N–H and O–H groups in total. The summed E-state index contributed by atoms with van der Waals surface area (Å²) >= 11 is 0. The molecule has 1 saturated heterocycles. The molecule has 1 aliphatic rings. The Kier molecular flexibility index (Phi) is 6.81. The van der Waals surface area contributed by atoms with Crippen molar-refractivity contribution in [2.45, 2.75) is 12.8 Å². The summed E-state index contributed by atoms with van der Waals surface area (Å²) in [6.45, 7) is 2.80. The number of rotatable bonds is 7. The van der Waals surface area contributed by atoms with Crippen LogP contribution in [0.5, 0.6) is 5.75 Å². The molecule has 28 heavy (non-hydrogen) atoms. The van der Waals surface area contributed by atoms with Gasteiger partial charge in [0.25, 0.3) is 5.91 Å². The molecule has 0 radical (unpaired) electrons. The average Bonchev–Trinajstić information content (AvgIpc) is 2.72. The van der Waals surface area contributed by atoms with Crippen LogP contribution in [0.3, 0.4) is 0 Å². The zero-order chi connectivity index (χ0) is 19.8. The molecule has 3 rings (SSSR count). The van der Waals surface area contributed by atoms with Gasteiger partial charge in [-0.05, 0) is 55.8 Å². The van der Waals surface area contributed by atoms with Crippen molar-refractivity contribution in [2.24, 2.45) is 5.73 Å². The minimum absolute atomic E-state index is 0.00185. The molecular formula is C22H26N4O2. The van der Waals surface area contributed by atoms with Crippen molar-refractivity contribution in [3.8, 4) is 5.75 Å². The van der Waals surface area contributed by atoms with E-state index in [1.54, 1.807) is 24.3 Å². The van der Waals surface area contributed by atoms with E-state index in [0.717, 1.165) is 31.5 Å². The molecule has 2 aromatic rings. The third kappa shape index (κ3) is 5.69. The number of amides is 1. The fraction of sp³-hybridized carbons (Fsp3) is 0.273. The van der Waals surface area contributed by atoms with Crippen LogP contribution < -0.4 is 21.1 Å². The molecule has 0 atom stereocenters. The number of piperidine rings is 1. The Morgan fingerprint density at radius 1 is 1.14 bits per heavy atom. The molecule has 0 spiro atoms. The Bertz CT molecular complexity index is 851. The van der Waals surface area contributed by atoms with Gasteiger partial charge in [-0.3, -0.25) is 10.2 Å². The van der Waals surface area contributed by atoms with Gasteiger partial charge in [0.05, 0.1) is 6.54 Å². The van der Waals surface area contributed by atoms with Gasteiger partial charge in [0, 0.05) is 11.1 Å². The molecule has 1 amide bonds. The van der Waals surface area contributed by atoms with Gasteiger partial charge in [-0.25, -0.2) is 0 Å². The summed E-state index contributed by atoms with van der Waals surface area (Å²) in [7, 11) is 0. The highest BCUT2D eigenvalue weighted by Crippen LogP contribution is 2.16. The lowest BCUT2D eigenvalue weighted by molar-refractivity contribution is 0.0947. The van der Waals surface area contributed by atoms with Crippen molar-refractivity contribution < 1.29 is 9.53 Å². The van der Waals surface area contributed by atoms with Gasteiger partial charge in [-0.2, -0.15) is 0 Å². The fourth-order valence-electron chi connectivity index (χ4n) is 3.05. The first-order valence-electron chi connectivity index (χ1n) is 9.47. The number of ether oxygens (including phenoxy) is 1. The molecular weight excluding hydrogens is 352 g/mol. The third-order valence-corrected chi connectivity index (χ3v) is 4.59. The van der Waals surface area contributed by atoms with Gasteiger partial charge >= 0.3 is 0 Å². The van der Waals surface area contributed by atoms with Crippen LogP contribution >= 0.6 is 0 Å². The summed E-state index contributed by atoms with van der Waals surface area (Å²) in [5, 5.41) is 13.6. The maximum absolute atomic E-state index is 12.3. The second-order valence-corrected chi connectivity index (χ2v) is 6.72. The third-order valence-electron chi connectivity index (χ3n) is 4.59. The van der Waals surface area contributed by atoms with Gasteiger partial charge in [0.1, 0.15) is 18.2 Å². The number of hydrogen-bond donors (Lipinski definition) is 4. The maximum Gasteiger partial charge on any atom is 0.251 e. The summed E-state index contributed by atoms with van der Waals surface area (Å²) in [6, 6.07) is 14.7. The van der Waals surface area contributed by atoms with E-state index in [0.29, 0.717) is 30.0 Å². The average molecular weight is 378 g/mol. The Labute approximate surface area is 165 Å². The summed E-state index contributed by atoms with van der Waals surface area (Å²) in [5.74, 6) is 0.498. The molecule has 6 nitrogen and oxygen atoms in total. The number of carbonyl (C=O) groups excluding carboxylic acids is 1. The molecule has 0 aromatic heterocycles. The highest BCUT2D eigenvalue weighted by atomic mass is 16.5.